The van der Waals surface area contributed by atoms with Crippen LogP contribution in [0.4, 0.5) is 0 Å². The molecule has 0 fully saturated rings. The van der Waals surface area contributed by atoms with Crippen molar-refractivity contribution in [3.63, 3.8) is 0 Å². The summed E-state index contributed by atoms with van der Waals surface area (Å²) >= 11 is 0. The fraction of sp³-hybridized carbons (Fsp3) is 0.125. The molecule has 3 rings (SSSR count). The van der Waals surface area contributed by atoms with Crippen molar-refractivity contribution < 1.29 is 9.53 Å². The van der Waals surface area contributed by atoms with E-state index in [9.17, 15) is 4.79 Å². The number of hydrogen-bond acceptors (Lipinski definition) is 5. The fourth-order valence-electron chi connectivity index (χ4n) is 2.22. The first-order chi connectivity index (χ1) is 10.8. The van der Waals surface area contributed by atoms with Gasteiger partial charge in [-0.2, -0.15) is 0 Å². The molecular weight excluding hydrogens is 280 g/mol. The van der Waals surface area contributed by atoms with Crippen molar-refractivity contribution in [3.05, 3.63) is 54.5 Å². The lowest BCUT2D eigenvalue weighted by molar-refractivity contribution is 0.111. The number of rotatable bonds is 5. The van der Waals surface area contributed by atoms with E-state index in [4.69, 9.17) is 4.74 Å². The molecule has 3 aromatic rings. The van der Waals surface area contributed by atoms with E-state index in [1.54, 1.807) is 23.1 Å². The second-order valence-corrected chi connectivity index (χ2v) is 4.50. The van der Waals surface area contributed by atoms with Crippen LogP contribution in [0.3, 0.4) is 0 Å². The van der Waals surface area contributed by atoms with Crippen LogP contribution >= 0.6 is 0 Å². The van der Waals surface area contributed by atoms with Gasteiger partial charge in [0, 0.05) is 18.0 Å². The Kier molecular flexibility index (Phi) is 3.91. The van der Waals surface area contributed by atoms with Crippen LogP contribution in [0.15, 0.2) is 48.8 Å². The molecule has 0 spiro atoms. The van der Waals surface area contributed by atoms with Gasteiger partial charge < -0.3 is 4.74 Å². The van der Waals surface area contributed by atoms with Gasteiger partial charge in [-0.3, -0.25) is 9.78 Å². The average molecular weight is 294 g/mol. The van der Waals surface area contributed by atoms with E-state index in [2.05, 4.69) is 15.3 Å². The Bertz CT molecular complexity index is 784. The number of pyridine rings is 1. The molecule has 0 aliphatic carbocycles. The summed E-state index contributed by atoms with van der Waals surface area (Å²) in [6.07, 6.45) is 4.03. The van der Waals surface area contributed by atoms with Crippen molar-refractivity contribution in [3.8, 4) is 22.7 Å². The number of carbonyl (C=O) groups is 1. The maximum atomic E-state index is 11.3. The Morgan fingerprint density at radius 1 is 1.23 bits per heavy atom. The molecule has 0 atom stereocenters. The van der Waals surface area contributed by atoms with E-state index >= 15 is 0 Å². The van der Waals surface area contributed by atoms with E-state index in [0.29, 0.717) is 24.3 Å². The predicted molar refractivity (Wildman–Crippen MR) is 81.1 cm³/mol. The molecule has 0 saturated carbocycles. The van der Waals surface area contributed by atoms with Gasteiger partial charge in [-0.25, -0.2) is 4.68 Å². The van der Waals surface area contributed by atoms with Gasteiger partial charge in [0.25, 0.3) is 0 Å². The number of ether oxygens (including phenoxy) is 1. The summed E-state index contributed by atoms with van der Waals surface area (Å²) in [7, 11) is 0. The zero-order valence-corrected chi connectivity index (χ0v) is 12.0. The highest BCUT2D eigenvalue weighted by molar-refractivity contribution is 5.83. The van der Waals surface area contributed by atoms with Gasteiger partial charge in [-0.1, -0.05) is 17.3 Å². The van der Waals surface area contributed by atoms with E-state index in [1.807, 2.05) is 37.3 Å². The van der Waals surface area contributed by atoms with Crippen molar-refractivity contribution >= 4 is 6.29 Å². The molecule has 0 aliphatic heterocycles. The van der Waals surface area contributed by atoms with Crippen LogP contribution in [-0.4, -0.2) is 32.9 Å². The molecule has 0 saturated heterocycles. The van der Waals surface area contributed by atoms with Crippen molar-refractivity contribution in [2.75, 3.05) is 6.61 Å². The number of hydrogen-bond donors (Lipinski definition) is 0. The van der Waals surface area contributed by atoms with Crippen LogP contribution in [0, 0.1) is 0 Å². The van der Waals surface area contributed by atoms with Crippen LogP contribution in [0.2, 0.25) is 0 Å². The molecule has 0 radical (unpaired) electrons. The SMILES string of the molecule is CCOc1ccccc1-n1nnc(C=O)c1-c1cccnc1. The predicted octanol–water partition coefficient (Wildman–Crippen LogP) is 2.54. The van der Waals surface area contributed by atoms with Crippen LogP contribution in [0.5, 0.6) is 5.75 Å². The Labute approximate surface area is 127 Å². The van der Waals surface area contributed by atoms with Crippen molar-refractivity contribution in [2.45, 2.75) is 6.92 Å². The van der Waals surface area contributed by atoms with Gasteiger partial charge >= 0.3 is 0 Å². The van der Waals surface area contributed by atoms with Crippen molar-refractivity contribution in [1.29, 1.82) is 0 Å². The number of carbonyl (C=O) groups excluding carboxylic acids is 1. The minimum Gasteiger partial charge on any atom is -0.492 e. The highest BCUT2D eigenvalue weighted by Crippen LogP contribution is 2.28. The van der Waals surface area contributed by atoms with Crippen LogP contribution < -0.4 is 4.74 Å². The minimum absolute atomic E-state index is 0.263. The van der Waals surface area contributed by atoms with E-state index in [0.717, 1.165) is 11.3 Å². The number of nitrogens with zero attached hydrogens (tertiary/aromatic N) is 4. The lowest BCUT2D eigenvalue weighted by Gasteiger charge is -2.12. The molecule has 0 bridgehead atoms. The molecule has 2 heterocycles. The van der Waals surface area contributed by atoms with E-state index in [-0.39, 0.29) is 5.69 Å². The zero-order valence-electron chi connectivity index (χ0n) is 12.0. The number of benzene rings is 1. The molecule has 110 valence electrons. The summed E-state index contributed by atoms with van der Waals surface area (Å²) in [6, 6.07) is 11.2. The molecule has 2 aromatic heterocycles. The zero-order chi connectivity index (χ0) is 15.4. The van der Waals surface area contributed by atoms with Gasteiger partial charge in [0.05, 0.1) is 6.61 Å². The third-order valence-corrected chi connectivity index (χ3v) is 3.14. The van der Waals surface area contributed by atoms with E-state index in [1.165, 1.54) is 0 Å². The summed E-state index contributed by atoms with van der Waals surface area (Å²) in [5, 5.41) is 8.05. The highest BCUT2D eigenvalue weighted by atomic mass is 16.5. The molecule has 6 heteroatoms. The Balaban J connectivity index is 2.21. The molecule has 1 aromatic carbocycles. The van der Waals surface area contributed by atoms with Crippen LogP contribution in [-0.2, 0) is 0 Å². The normalized spacial score (nSPS) is 10.4. The number of para-hydroxylation sites is 2. The van der Waals surface area contributed by atoms with Gasteiger partial charge in [-0.05, 0) is 31.2 Å². The second-order valence-electron chi connectivity index (χ2n) is 4.50. The fourth-order valence-corrected chi connectivity index (χ4v) is 2.22. The Morgan fingerprint density at radius 2 is 2.09 bits per heavy atom. The molecule has 0 N–H and O–H groups in total. The Hall–Kier alpha value is -3.02. The Morgan fingerprint density at radius 3 is 2.82 bits per heavy atom. The first-order valence-corrected chi connectivity index (χ1v) is 6.88. The van der Waals surface area contributed by atoms with E-state index < -0.39 is 0 Å². The third kappa shape index (κ3) is 2.46. The molecule has 0 unspecified atom stereocenters. The minimum atomic E-state index is 0.263. The summed E-state index contributed by atoms with van der Waals surface area (Å²) in [4.78, 5) is 15.4. The lowest BCUT2D eigenvalue weighted by atomic mass is 10.1. The van der Waals surface area contributed by atoms with Gasteiger partial charge in [0.1, 0.15) is 17.1 Å². The number of aromatic nitrogens is 4. The third-order valence-electron chi connectivity index (χ3n) is 3.14. The molecule has 6 nitrogen and oxygen atoms in total. The molecular formula is C16H14N4O2. The molecule has 22 heavy (non-hydrogen) atoms. The van der Waals surface area contributed by atoms with Gasteiger partial charge in [-0.15, -0.1) is 5.10 Å². The van der Waals surface area contributed by atoms with Crippen LogP contribution in [0.1, 0.15) is 17.4 Å². The highest BCUT2D eigenvalue weighted by Gasteiger charge is 2.18. The first-order valence-electron chi connectivity index (χ1n) is 6.88. The molecule has 0 amide bonds. The summed E-state index contributed by atoms with van der Waals surface area (Å²) in [6.45, 7) is 2.45. The topological polar surface area (TPSA) is 69.9 Å². The number of aldehydes is 1. The first kappa shape index (κ1) is 13.9. The molecule has 0 aliphatic rings. The lowest BCUT2D eigenvalue weighted by Crippen LogP contribution is -2.04. The second kappa shape index (κ2) is 6.17. The smallest absolute Gasteiger partial charge is 0.172 e. The quantitative estimate of drug-likeness (QED) is 0.676. The maximum Gasteiger partial charge on any atom is 0.172 e. The summed E-state index contributed by atoms with van der Waals surface area (Å²) < 4.78 is 7.24. The largest absolute Gasteiger partial charge is 0.492 e. The van der Waals surface area contributed by atoms with Gasteiger partial charge in [0.15, 0.2) is 12.0 Å². The monoisotopic (exact) mass is 294 g/mol. The van der Waals surface area contributed by atoms with Crippen molar-refractivity contribution in [2.24, 2.45) is 0 Å². The standard InChI is InChI=1S/C16H14N4O2/c1-2-22-15-8-4-3-7-14(15)20-16(13(11-21)18-19-20)12-6-5-9-17-10-12/h3-11H,2H2,1H3. The summed E-state index contributed by atoms with van der Waals surface area (Å²) in [5.41, 5.74) is 2.35. The van der Waals surface area contributed by atoms with Gasteiger partial charge in [0.2, 0.25) is 0 Å². The maximum absolute atomic E-state index is 11.3. The average Bonchev–Trinajstić information content (AvgIpc) is 3.00. The summed E-state index contributed by atoms with van der Waals surface area (Å²) in [5.74, 6) is 0.678. The van der Waals surface area contributed by atoms with Crippen LogP contribution in [0.25, 0.3) is 16.9 Å². The van der Waals surface area contributed by atoms with Crippen molar-refractivity contribution in [1.82, 2.24) is 20.0 Å².